The van der Waals surface area contributed by atoms with Crippen LogP contribution in [0.4, 0.5) is 0 Å². The van der Waals surface area contributed by atoms with Crippen LogP contribution in [-0.2, 0) is 0 Å². The number of aromatic nitrogens is 2. The lowest BCUT2D eigenvalue weighted by molar-refractivity contribution is 0.297. The summed E-state index contributed by atoms with van der Waals surface area (Å²) in [6.45, 7) is 4.35. The molecule has 2 rings (SSSR count). The van der Waals surface area contributed by atoms with Gasteiger partial charge in [-0.15, -0.1) is 10.2 Å². The molecule has 0 saturated heterocycles. The van der Waals surface area contributed by atoms with Crippen molar-refractivity contribution in [3.8, 4) is 0 Å². The quantitative estimate of drug-likeness (QED) is 0.855. The van der Waals surface area contributed by atoms with Crippen molar-refractivity contribution < 1.29 is 4.42 Å². The van der Waals surface area contributed by atoms with Gasteiger partial charge < -0.3 is 9.73 Å². The molecule has 1 aliphatic carbocycles. The van der Waals surface area contributed by atoms with Crippen LogP contribution < -0.4 is 5.32 Å². The molecule has 1 aromatic heterocycles. The highest BCUT2D eigenvalue weighted by Crippen LogP contribution is 2.35. The van der Waals surface area contributed by atoms with Gasteiger partial charge in [0.2, 0.25) is 11.8 Å². The minimum atomic E-state index is 0.142. The number of hydrogen-bond donors (Lipinski definition) is 1. The molecular formula is C12H21N3O. The summed E-state index contributed by atoms with van der Waals surface area (Å²) in [6.07, 6.45) is 4.95. The zero-order valence-electron chi connectivity index (χ0n) is 10.4. The van der Waals surface area contributed by atoms with Crippen LogP contribution in [-0.4, -0.2) is 17.2 Å². The first kappa shape index (κ1) is 11.6. The minimum absolute atomic E-state index is 0.142. The molecule has 0 amide bonds. The number of nitrogens with zero attached hydrogens (tertiary/aromatic N) is 2. The summed E-state index contributed by atoms with van der Waals surface area (Å²) in [6, 6.07) is 0.142. The Kier molecular flexibility index (Phi) is 3.59. The predicted octanol–water partition coefficient (Wildman–Crippen LogP) is 2.64. The van der Waals surface area contributed by atoms with Gasteiger partial charge in [-0.1, -0.05) is 6.92 Å². The van der Waals surface area contributed by atoms with Gasteiger partial charge in [0, 0.05) is 5.92 Å². The summed E-state index contributed by atoms with van der Waals surface area (Å²) in [5, 5.41) is 11.4. The van der Waals surface area contributed by atoms with Crippen molar-refractivity contribution in [3.63, 3.8) is 0 Å². The zero-order valence-corrected chi connectivity index (χ0v) is 10.4. The molecule has 0 aliphatic heterocycles. The maximum Gasteiger partial charge on any atom is 0.233 e. The average molecular weight is 223 g/mol. The molecule has 4 nitrogen and oxygen atoms in total. The second kappa shape index (κ2) is 4.95. The molecule has 0 aromatic carbocycles. The molecule has 1 saturated carbocycles. The summed E-state index contributed by atoms with van der Waals surface area (Å²) < 4.78 is 5.73. The van der Waals surface area contributed by atoms with Crippen LogP contribution >= 0.6 is 0 Å². The maximum atomic E-state index is 5.73. The lowest BCUT2D eigenvalue weighted by Crippen LogP contribution is -2.12. The third kappa shape index (κ3) is 2.43. The number of hydrogen-bond acceptors (Lipinski definition) is 4. The Bertz CT molecular complexity index is 329. The van der Waals surface area contributed by atoms with Gasteiger partial charge >= 0.3 is 0 Å². The highest BCUT2D eigenvalue weighted by Gasteiger charge is 2.24. The van der Waals surface area contributed by atoms with Crippen molar-refractivity contribution in [1.82, 2.24) is 15.5 Å². The maximum absolute atomic E-state index is 5.73. The molecule has 0 bridgehead atoms. The third-order valence-electron chi connectivity index (χ3n) is 3.62. The van der Waals surface area contributed by atoms with E-state index in [2.05, 4.69) is 22.4 Å². The van der Waals surface area contributed by atoms with Crippen molar-refractivity contribution >= 4 is 0 Å². The van der Waals surface area contributed by atoms with E-state index in [4.69, 9.17) is 4.42 Å². The summed E-state index contributed by atoms with van der Waals surface area (Å²) in [5.41, 5.74) is 0. The van der Waals surface area contributed by atoms with Gasteiger partial charge in [0.1, 0.15) is 0 Å². The summed E-state index contributed by atoms with van der Waals surface area (Å²) in [5.74, 6) is 2.89. The Morgan fingerprint density at radius 3 is 2.56 bits per heavy atom. The van der Waals surface area contributed by atoms with E-state index in [1.54, 1.807) is 0 Å². The highest BCUT2D eigenvalue weighted by atomic mass is 16.4. The molecule has 1 fully saturated rings. The van der Waals surface area contributed by atoms with Gasteiger partial charge in [-0.05, 0) is 45.6 Å². The fourth-order valence-corrected chi connectivity index (χ4v) is 2.22. The molecule has 16 heavy (non-hydrogen) atoms. The molecule has 1 aromatic rings. The Hall–Kier alpha value is -0.900. The molecule has 1 unspecified atom stereocenters. The van der Waals surface area contributed by atoms with E-state index in [0.717, 1.165) is 11.8 Å². The summed E-state index contributed by atoms with van der Waals surface area (Å²) in [7, 11) is 1.90. The Balaban J connectivity index is 2.01. The predicted molar refractivity (Wildman–Crippen MR) is 62.1 cm³/mol. The third-order valence-corrected chi connectivity index (χ3v) is 3.62. The standard InChI is InChI=1S/C12H21N3O/c1-8-4-6-10(7-5-8)12-15-14-11(16-12)9(2)13-3/h8-10,13H,4-7H2,1-3H3. The van der Waals surface area contributed by atoms with E-state index < -0.39 is 0 Å². The van der Waals surface area contributed by atoms with Crippen molar-refractivity contribution in [2.75, 3.05) is 7.05 Å². The SMILES string of the molecule is CNC(C)c1nnc(C2CCC(C)CC2)o1. The summed E-state index contributed by atoms with van der Waals surface area (Å²) in [4.78, 5) is 0. The van der Waals surface area contributed by atoms with Crippen LogP contribution in [0.25, 0.3) is 0 Å². The van der Waals surface area contributed by atoms with E-state index in [0.29, 0.717) is 11.8 Å². The lowest BCUT2D eigenvalue weighted by Gasteiger charge is -2.23. The van der Waals surface area contributed by atoms with E-state index in [1.165, 1.54) is 25.7 Å². The first-order valence-corrected chi connectivity index (χ1v) is 6.21. The van der Waals surface area contributed by atoms with E-state index in [9.17, 15) is 0 Å². The normalized spacial score (nSPS) is 27.9. The van der Waals surface area contributed by atoms with E-state index in [-0.39, 0.29) is 6.04 Å². The van der Waals surface area contributed by atoms with Crippen molar-refractivity contribution in [2.45, 2.75) is 51.5 Å². The second-order valence-corrected chi connectivity index (χ2v) is 4.95. The molecule has 0 spiro atoms. The van der Waals surface area contributed by atoms with Gasteiger partial charge in [0.25, 0.3) is 0 Å². The van der Waals surface area contributed by atoms with Crippen LogP contribution in [0, 0.1) is 5.92 Å². The molecule has 90 valence electrons. The van der Waals surface area contributed by atoms with E-state index >= 15 is 0 Å². The number of nitrogens with one attached hydrogen (secondary N) is 1. The van der Waals surface area contributed by atoms with Gasteiger partial charge in [-0.3, -0.25) is 0 Å². The van der Waals surface area contributed by atoms with Crippen molar-refractivity contribution in [2.24, 2.45) is 5.92 Å². The fraction of sp³-hybridized carbons (Fsp3) is 0.833. The van der Waals surface area contributed by atoms with Gasteiger partial charge in [-0.2, -0.15) is 0 Å². The first-order valence-electron chi connectivity index (χ1n) is 6.21. The lowest BCUT2D eigenvalue weighted by atomic mass is 9.83. The van der Waals surface area contributed by atoms with Gasteiger partial charge in [0.15, 0.2) is 0 Å². The Labute approximate surface area is 96.8 Å². The Morgan fingerprint density at radius 1 is 1.25 bits per heavy atom. The van der Waals surface area contributed by atoms with Crippen LogP contribution in [0.3, 0.4) is 0 Å². The molecule has 1 N–H and O–H groups in total. The zero-order chi connectivity index (χ0) is 11.5. The molecule has 1 aliphatic rings. The molecule has 1 atom stereocenters. The minimum Gasteiger partial charge on any atom is -0.423 e. The first-order chi connectivity index (χ1) is 7.70. The number of rotatable bonds is 3. The average Bonchev–Trinajstić information content (AvgIpc) is 2.78. The Morgan fingerprint density at radius 2 is 1.94 bits per heavy atom. The van der Waals surface area contributed by atoms with Crippen molar-refractivity contribution in [3.05, 3.63) is 11.8 Å². The van der Waals surface area contributed by atoms with Gasteiger partial charge in [-0.25, -0.2) is 0 Å². The fourth-order valence-electron chi connectivity index (χ4n) is 2.22. The van der Waals surface area contributed by atoms with Crippen LogP contribution in [0.15, 0.2) is 4.42 Å². The van der Waals surface area contributed by atoms with E-state index in [1.807, 2.05) is 14.0 Å². The van der Waals surface area contributed by atoms with Crippen LogP contribution in [0.1, 0.15) is 63.3 Å². The summed E-state index contributed by atoms with van der Waals surface area (Å²) >= 11 is 0. The molecular weight excluding hydrogens is 202 g/mol. The van der Waals surface area contributed by atoms with Crippen molar-refractivity contribution in [1.29, 1.82) is 0 Å². The van der Waals surface area contributed by atoms with Crippen LogP contribution in [0.5, 0.6) is 0 Å². The highest BCUT2D eigenvalue weighted by molar-refractivity contribution is 4.95. The smallest absolute Gasteiger partial charge is 0.233 e. The van der Waals surface area contributed by atoms with Crippen LogP contribution in [0.2, 0.25) is 0 Å². The molecule has 0 radical (unpaired) electrons. The topological polar surface area (TPSA) is 51.0 Å². The second-order valence-electron chi connectivity index (χ2n) is 4.95. The van der Waals surface area contributed by atoms with Gasteiger partial charge in [0.05, 0.1) is 6.04 Å². The monoisotopic (exact) mass is 223 g/mol. The molecule has 4 heteroatoms. The molecule has 1 heterocycles. The largest absolute Gasteiger partial charge is 0.423 e.